The van der Waals surface area contributed by atoms with Crippen molar-refractivity contribution in [3.8, 4) is 0 Å². The molecule has 40 heavy (non-hydrogen) atoms. The van der Waals surface area contributed by atoms with Gasteiger partial charge < -0.3 is 87.1 Å². The first-order valence-electron chi connectivity index (χ1n) is 11.8. The highest BCUT2D eigenvalue weighted by Gasteiger charge is 2.06. The molecule has 0 amide bonds. The number of aliphatic carboxylic acids is 6. The van der Waals surface area contributed by atoms with Gasteiger partial charge in [-0.15, -0.1) is 0 Å². The van der Waals surface area contributed by atoms with Gasteiger partial charge in [-0.1, -0.05) is 0 Å². The molecule has 3 atom stereocenters. The van der Waals surface area contributed by atoms with Crippen LogP contribution in [0.1, 0.15) is 64.2 Å². The zero-order valence-electron chi connectivity index (χ0n) is 22.0. The summed E-state index contributed by atoms with van der Waals surface area (Å²) in [6, 6.07) is -2.44. The van der Waals surface area contributed by atoms with Gasteiger partial charge in [0.1, 0.15) is 24.3 Å². The molecule has 0 saturated carbocycles. The van der Waals surface area contributed by atoms with E-state index in [1.54, 1.807) is 0 Å². The number of carbonyl (C=O) groups is 8. The zero-order chi connectivity index (χ0) is 32.3. The molecule has 0 aromatic heterocycles. The monoisotopic (exact) mass is 581 g/mol. The van der Waals surface area contributed by atoms with Crippen LogP contribution in [-0.2, 0) is 38.4 Å². The first kappa shape index (κ1) is 43.1. The van der Waals surface area contributed by atoms with Crippen LogP contribution in [0.25, 0.3) is 0 Å². The van der Waals surface area contributed by atoms with Crippen LogP contribution in [0.2, 0.25) is 0 Å². The minimum absolute atomic E-state index is 0.0370. The summed E-state index contributed by atoms with van der Waals surface area (Å²) in [4.78, 5) is 78.9. The molecule has 0 fully saturated rings. The number of hydrogen-bond acceptors (Lipinski definition) is 15. The van der Waals surface area contributed by atoms with Gasteiger partial charge in [0, 0.05) is 43.7 Å². The van der Waals surface area contributed by atoms with Crippen molar-refractivity contribution in [1.82, 2.24) is 0 Å². The molecule has 11 N–H and O–H groups in total. The number of ketones is 1. The number of carboxylic acid groups (broad SMARTS) is 6. The van der Waals surface area contributed by atoms with Crippen LogP contribution >= 0.6 is 0 Å². The highest BCUT2D eigenvalue weighted by Crippen LogP contribution is 1.95. The number of hydrogen-bond donors (Lipinski definition) is 4. The van der Waals surface area contributed by atoms with E-state index in [-0.39, 0.29) is 12.8 Å². The second-order valence-electron chi connectivity index (χ2n) is 7.90. The van der Waals surface area contributed by atoms with Gasteiger partial charge in [-0.05, 0) is 38.5 Å². The van der Waals surface area contributed by atoms with Gasteiger partial charge in [-0.3, -0.25) is 4.79 Å². The van der Waals surface area contributed by atoms with Crippen LogP contribution in [0.4, 0.5) is 0 Å². The molecule has 2 unspecified atom stereocenters. The Morgan fingerprint density at radius 2 is 1.12 bits per heavy atom. The van der Waals surface area contributed by atoms with E-state index in [0.29, 0.717) is 25.7 Å². The normalized spacial score (nSPS) is 11.7. The minimum Gasteiger partial charge on any atom is -0.550 e. The SMILES string of the molecule is NC(CCCC=O)C(=O)[O-].O=C([O-])CCC(=O)C(=O)[O-].[NH3+]C(CCC(=O)[O-])C(=O)[O-].[NH3+]CCCC[C@H]([NH3+])C(=O)[O-]. The number of carboxylic acids is 6. The van der Waals surface area contributed by atoms with Gasteiger partial charge in [-0.25, -0.2) is 0 Å². The lowest BCUT2D eigenvalue weighted by atomic mass is 10.1. The number of carbonyl (C=O) groups excluding carboxylic acids is 8. The number of unbranched alkanes of at least 4 members (excludes halogenated alkanes) is 2. The number of Topliss-reactive ketones (excluding diaryl/α,β-unsaturated/α-hetero) is 1. The first-order chi connectivity index (χ1) is 18.4. The second-order valence-corrected chi connectivity index (χ2v) is 7.90. The van der Waals surface area contributed by atoms with Crippen molar-refractivity contribution in [3.63, 3.8) is 0 Å². The van der Waals surface area contributed by atoms with Crippen LogP contribution in [0, 0.1) is 0 Å². The molecule has 0 radical (unpaired) electrons. The fourth-order valence-electron chi connectivity index (χ4n) is 1.95. The van der Waals surface area contributed by atoms with Crippen molar-refractivity contribution in [2.75, 3.05) is 6.54 Å². The summed E-state index contributed by atoms with van der Waals surface area (Å²) in [5.74, 6) is -9.44. The van der Waals surface area contributed by atoms with Crippen molar-refractivity contribution in [2.24, 2.45) is 5.73 Å². The van der Waals surface area contributed by atoms with Gasteiger partial charge in [0.25, 0.3) is 0 Å². The second kappa shape index (κ2) is 28.0. The van der Waals surface area contributed by atoms with Crippen molar-refractivity contribution in [2.45, 2.75) is 82.3 Å². The summed E-state index contributed by atoms with van der Waals surface area (Å²) in [5.41, 5.74) is 15.3. The summed E-state index contributed by atoms with van der Waals surface area (Å²) in [6.07, 6.45) is 2.91. The van der Waals surface area contributed by atoms with E-state index in [0.717, 1.165) is 25.7 Å². The van der Waals surface area contributed by atoms with E-state index in [1.165, 1.54) is 0 Å². The average Bonchev–Trinajstić information content (AvgIpc) is 2.86. The highest BCUT2D eigenvalue weighted by atomic mass is 16.4. The van der Waals surface area contributed by atoms with Crippen LogP contribution in [0.3, 0.4) is 0 Å². The molecular weight excluding hydrogens is 544 g/mol. The predicted octanol–water partition coefficient (Wildman–Crippen LogP) is -12.1. The van der Waals surface area contributed by atoms with E-state index in [4.69, 9.17) is 5.73 Å². The molecule has 0 aliphatic heterocycles. The van der Waals surface area contributed by atoms with E-state index >= 15 is 0 Å². The molecule has 0 rings (SSSR count). The van der Waals surface area contributed by atoms with Crippen molar-refractivity contribution in [1.29, 1.82) is 0 Å². The Morgan fingerprint density at radius 1 is 0.650 bits per heavy atom. The van der Waals surface area contributed by atoms with Gasteiger partial charge >= 0.3 is 0 Å². The fraction of sp³-hybridized carbons (Fsp3) is 0.636. The summed E-state index contributed by atoms with van der Waals surface area (Å²) < 4.78 is 0. The fourth-order valence-corrected chi connectivity index (χ4v) is 1.95. The Hall–Kier alpha value is -4.00. The van der Waals surface area contributed by atoms with Crippen LogP contribution < -0.4 is 53.6 Å². The van der Waals surface area contributed by atoms with E-state index in [2.05, 4.69) is 17.2 Å². The molecule has 0 heterocycles. The minimum atomic E-state index is -1.86. The maximum Gasteiger partial charge on any atom is 0.178 e. The van der Waals surface area contributed by atoms with Gasteiger partial charge in [-0.2, -0.15) is 0 Å². The Morgan fingerprint density at radius 3 is 1.48 bits per heavy atom. The topological polar surface area (TPSA) is 384 Å². The number of aldehydes is 1. The maximum absolute atomic E-state index is 10.1. The Labute approximate surface area is 229 Å². The standard InChI is InChI=1S/C6H14N2O2.C6H11NO3.C5H9NO4.C5H6O5/c7-4-2-1-3-5(8)6(9)10;7-5(6(9)10)3-1-2-4-8;2*6-3(5(9)10)1-2-4(7)8/h5H,1-4,7-8H2,(H,9,10);4-5H,1-3,7H2,(H,9,10);3H,1-2,6H2,(H,7,8)(H,9,10);1-2H2,(H,7,8)(H,9,10)/p-3/t5-;;;/m0.../s1. The van der Waals surface area contributed by atoms with Crippen molar-refractivity contribution >= 4 is 47.9 Å². The first-order valence-corrected chi connectivity index (χ1v) is 11.8. The maximum atomic E-state index is 10.1. The molecule has 0 spiro atoms. The van der Waals surface area contributed by atoms with Crippen LogP contribution in [-0.4, -0.2) is 72.6 Å². The number of nitrogens with two attached hydrogens (primary N) is 1. The van der Waals surface area contributed by atoms with E-state index < -0.39 is 72.6 Å². The summed E-state index contributed by atoms with van der Waals surface area (Å²) >= 11 is 0. The molecule has 0 bridgehead atoms. The molecule has 0 saturated heterocycles. The lowest BCUT2D eigenvalue weighted by Gasteiger charge is -2.10. The molecule has 18 heteroatoms. The van der Waals surface area contributed by atoms with Crippen LogP contribution in [0.5, 0.6) is 0 Å². The number of quaternary nitrogens is 3. The van der Waals surface area contributed by atoms with Gasteiger partial charge in [0.15, 0.2) is 5.78 Å². The molecule has 0 aliphatic rings. The Kier molecular flexibility index (Phi) is 30.2. The summed E-state index contributed by atoms with van der Waals surface area (Å²) in [5, 5.41) is 59.1. The highest BCUT2D eigenvalue weighted by molar-refractivity contribution is 6.31. The number of rotatable bonds is 18. The van der Waals surface area contributed by atoms with Gasteiger partial charge in [0.05, 0.1) is 24.5 Å². The third kappa shape index (κ3) is 36.2. The third-order valence-electron chi connectivity index (χ3n) is 4.34. The molecule has 0 aromatic carbocycles. The van der Waals surface area contributed by atoms with E-state index in [1.807, 2.05) is 0 Å². The molecule has 0 aliphatic carbocycles. The summed E-state index contributed by atoms with van der Waals surface area (Å²) in [7, 11) is 0. The molecule has 18 nitrogen and oxygen atoms in total. The van der Waals surface area contributed by atoms with Gasteiger partial charge in [0.2, 0.25) is 0 Å². The Bertz CT molecular complexity index is 806. The third-order valence-corrected chi connectivity index (χ3v) is 4.34. The molecule has 0 aromatic rings. The van der Waals surface area contributed by atoms with E-state index in [9.17, 15) is 69.0 Å². The largest absolute Gasteiger partial charge is 0.550 e. The van der Waals surface area contributed by atoms with Crippen molar-refractivity contribution in [3.05, 3.63) is 0 Å². The lowest BCUT2D eigenvalue weighted by molar-refractivity contribution is -0.439. The smallest absolute Gasteiger partial charge is 0.178 e. The summed E-state index contributed by atoms with van der Waals surface area (Å²) in [6.45, 7) is 0.861. The molecular formula is C22H37N4O14-3. The van der Waals surface area contributed by atoms with Crippen molar-refractivity contribution < 1.29 is 86.2 Å². The Balaban J connectivity index is -0.000000216. The van der Waals surface area contributed by atoms with Crippen LogP contribution in [0.15, 0.2) is 0 Å². The zero-order valence-corrected chi connectivity index (χ0v) is 22.0. The quantitative estimate of drug-likeness (QED) is 0.0662. The average molecular weight is 582 g/mol. The lowest BCUT2D eigenvalue weighted by Crippen LogP contribution is -2.68. The predicted molar refractivity (Wildman–Crippen MR) is 116 cm³/mol. The molecule has 232 valence electrons.